The van der Waals surface area contributed by atoms with Gasteiger partial charge in [-0.15, -0.1) is 0 Å². The number of fused-ring (bicyclic) bond motifs is 1. The molecule has 1 aromatic heterocycles. The fourth-order valence-corrected chi connectivity index (χ4v) is 2.02. The molecule has 6 heteroatoms. The lowest BCUT2D eigenvalue weighted by Crippen LogP contribution is -2.03. The summed E-state index contributed by atoms with van der Waals surface area (Å²) in [5.74, 6) is 0.168. The van der Waals surface area contributed by atoms with Crippen LogP contribution in [0.5, 0.6) is 5.75 Å². The highest BCUT2D eigenvalue weighted by Gasteiger charge is 2.07. The van der Waals surface area contributed by atoms with Crippen LogP contribution >= 0.6 is 0 Å². The Hall–Kier alpha value is -3.41. The highest BCUT2D eigenvalue weighted by Crippen LogP contribution is 2.20. The van der Waals surface area contributed by atoms with Gasteiger partial charge in [-0.1, -0.05) is 18.2 Å². The first kappa shape index (κ1) is 14.5. The summed E-state index contributed by atoms with van der Waals surface area (Å²) < 4.78 is 10.6. The maximum absolute atomic E-state index is 11.7. The Bertz CT molecular complexity index is 860. The molecule has 0 aliphatic rings. The Balaban J connectivity index is 1.67. The molecule has 0 aliphatic carbocycles. The molecule has 3 rings (SSSR count). The fourth-order valence-electron chi connectivity index (χ4n) is 2.02. The number of carbonyl (C=O) groups excluding carboxylic acids is 1. The smallest absolute Gasteiger partial charge is 0.336 e. The molecule has 0 atom stereocenters. The number of ether oxygens (including phenoxy) is 1. The van der Waals surface area contributed by atoms with Crippen molar-refractivity contribution in [3.05, 3.63) is 76.5 Å². The van der Waals surface area contributed by atoms with Crippen LogP contribution in [0.15, 0.2) is 65.1 Å². The molecule has 6 nitrogen and oxygen atoms in total. The summed E-state index contributed by atoms with van der Waals surface area (Å²) in [7, 11) is 0. The molecule has 0 unspecified atom stereocenters. The monoisotopic (exact) mass is 309 g/mol. The molecule has 114 valence electrons. The first-order valence-electron chi connectivity index (χ1n) is 6.75. The molecule has 0 amide bonds. The van der Waals surface area contributed by atoms with E-state index >= 15 is 0 Å². The van der Waals surface area contributed by atoms with E-state index in [9.17, 15) is 14.9 Å². The lowest BCUT2D eigenvalue weighted by atomic mass is 10.2. The maximum atomic E-state index is 11.7. The number of non-ortho nitro benzene ring substituents is 1. The maximum Gasteiger partial charge on any atom is 0.336 e. The van der Waals surface area contributed by atoms with Crippen molar-refractivity contribution in [2.45, 2.75) is 0 Å². The molecule has 3 aromatic rings. The highest BCUT2D eigenvalue weighted by molar-refractivity contribution is 5.89. The molecule has 0 aliphatic heterocycles. The summed E-state index contributed by atoms with van der Waals surface area (Å²) in [4.78, 5) is 21.8. The average Bonchev–Trinajstić information content (AvgIpc) is 2.96. The lowest BCUT2D eigenvalue weighted by Gasteiger charge is -1.99. The van der Waals surface area contributed by atoms with Crippen LogP contribution in [-0.4, -0.2) is 10.9 Å². The van der Waals surface area contributed by atoms with E-state index in [1.165, 1.54) is 36.4 Å². The topological polar surface area (TPSA) is 82.6 Å². The highest BCUT2D eigenvalue weighted by atomic mass is 16.6. The van der Waals surface area contributed by atoms with Gasteiger partial charge < -0.3 is 9.15 Å². The Morgan fingerprint density at radius 3 is 2.57 bits per heavy atom. The summed E-state index contributed by atoms with van der Waals surface area (Å²) in [6, 6.07) is 14.6. The number of carbonyl (C=O) groups is 1. The Kier molecular flexibility index (Phi) is 3.88. The number of furan rings is 1. The summed E-state index contributed by atoms with van der Waals surface area (Å²) >= 11 is 0. The fraction of sp³-hybridized carbons (Fsp3) is 0. The summed E-state index contributed by atoms with van der Waals surface area (Å²) in [6.45, 7) is 0. The predicted octanol–water partition coefficient (Wildman–Crippen LogP) is 3.96. The molecule has 0 bridgehead atoms. The van der Waals surface area contributed by atoms with Crippen LogP contribution in [0.2, 0.25) is 0 Å². The number of benzene rings is 2. The van der Waals surface area contributed by atoms with E-state index in [0.717, 1.165) is 11.0 Å². The third-order valence-electron chi connectivity index (χ3n) is 3.09. The molecule has 0 N–H and O–H groups in total. The van der Waals surface area contributed by atoms with Gasteiger partial charge >= 0.3 is 5.97 Å². The molecule has 0 fully saturated rings. The Morgan fingerprint density at radius 1 is 1.13 bits per heavy atom. The predicted molar refractivity (Wildman–Crippen MR) is 84.0 cm³/mol. The van der Waals surface area contributed by atoms with E-state index in [4.69, 9.17) is 9.15 Å². The SMILES string of the molecule is O=C(/C=C/c1cc2ccccc2o1)Oc1ccc([N+](=O)[O-])cc1. The van der Waals surface area contributed by atoms with Crippen molar-refractivity contribution in [1.29, 1.82) is 0 Å². The van der Waals surface area contributed by atoms with Gasteiger partial charge in [0, 0.05) is 23.6 Å². The number of esters is 1. The number of nitrogens with zero attached hydrogens (tertiary/aromatic N) is 1. The van der Waals surface area contributed by atoms with Crippen molar-refractivity contribution in [2.75, 3.05) is 0 Å². The van der Waals surface area contributed by atoms with Crippen LogP contribution in [0, 0.1) is 10.1 Å². The molecular weight excluding hydrogens is 298 g/mol. The van der Waals surface area contributed by atoms with Crippen molar-refractivity contribution in [3.8, 4) is 5.75 Å². The van der Waals surface area contributed by atoms with E-state index in [-0.39, 0.29) is 11.4 Å². The molecule has 23 heavy (non-hydrogen) atoms. The van der Waals surface area contributed by atoms with Gasteiger partial charge in [-0.3, -0.25) is 10.1 Å². The molecule has 0 radical (unpaired) electrons. The van der Waals surface area contributed by atoms with Gasteiger partial charge in [0.15, 0.2) is 0 Å². The molecule has 0 saturated heterocycles. The van der Waals surface area contributed by atoms with Gasteiger partial charge in [-0.25, -0.2) is 4.79 Å². The van der Waals surface area contributed by atoms with Crippen molar-refractivity contribution in [1.82, 2.24) is 0 Å². The van der Waals surface area contributed by atoms with E-state index in [2.05, 4.69) is 0 Å². The molecule has 1 heterocycles. The van der Waals surface area contributed by atoms with Crippen molar-refractivity contribution in [2.24, 2.45) is 0 Å². The van der Waals surface area contributed by atoms with E-state index in [1.54, 1.807) is 0 Å². The van der Waals surface area contributed by atoms with Gasteiger partial charge in [0.05, 0.1) is 4.92 Å². The van der Waals surface area contributed by atoms with Gasteiger partial charge in [0.2, 0.25) is 0 Å². The minimum atomic E-state index is -0.598. The largest absolute Gasteiger partial charge is 0.457 e. The average molecular weight is 309 g/mol. The zero-order valence-electron chi connectivity index (χ0n) is 11.8. The first-order chi connectivity index (χ1) is 11.1. The zero-order chi connectivity index (χ0) is 16.2. The summed E-state index contributed by atoms with van der Waals surface area (Å²) in [5, 5.41) is 11.5. The number of hydrogen-bond donors (Lipinski definition) is 0. The van der Waals surface area contributed by atoms with Crippen LogP contribution in [0.4, 0.5) is 5.69 Å². The second-order valence-corrected chi connectivity index (χ2v) is 4.69. The van der Waals surface area contributed by atoms with Crippen LogP contribution in [0.1, 0.15) is 5.76 Å². The number of hydrogen-bond acceptors (Lipinski definition) is 5. The number of nitro benzene ring substituents is 1. The van der Waals surface area contributed by atoms with E-state index in [1.807, 2.05) is 30.3 Å². The standard InChI is InChI=1S/C17H11NO5/c19-17(23-14-7-5-13(6-8-14)18(20)21)10-9-15-11-12-3-1-2-4-16(12)22-15/h1-11H/b10-9+. The van der Waals surface area contributed by atoms with Crippen molar-refractivity contribution < 1.29 is 18.9 Å². The summed E-state index contributed by atoms with van der Waals surface area (Å²) in [5.41, 5.74) is 0.665. The molecule has 0 spiro atoms. The zero-order valence-corrected chi connectivity index (χ0v) is 11.8. The van der Waals surface area contributed by atoms with Gasteiger partial charge in [-0.05, 0) is 30.3 Å². The molecular formula is C17H11NO5. The van der Waals surface area contributed by atoms with Gasteiger partial charge in [-0.2, -0.15) is 0 Å². The first-order valence-corrected chi connectivity index (χ1v) is 6.75. The molecule has 2 aromatic carbocycles. The quantitative estimate of drug-likeness (QED) is 0.239. The molecule has 0 saturated carbocycles. The lowest BCUT2D eigenvalue weighted by molar-refractivity contribution is -0.384. The Labute approximate surface area is 130 Å². The third-order valence-corrected chi connectivity index (χ3v) is 3.09. The number of para-hydroxylation sites is 1. The summed E-state index contributed by atoms with van der Waals surface area (Å²) in [6.07, 6.45) is 2.74. The second kappa shape index (κ2) is 6.15. The Morgan fingerprint density at radius 2 is 1.87 bits per heavy atom. The van der Waals surface area contributed by atoms with E-state index < -0.39 is 10.9 Å². The van der Waals surface area contributed by atoms with Gasteiger partial charge in [0.1, 0.15) is 17.1 Å². The number of nitro groups is 1. The van der Waals surface area contributed by atoms with Crippen molar-refractivity contribution in [3.63, 3.8) is 0 Å². The second-order valence-electron chi connectivity index (χ2n) is 4.69. The van der Waals surface area contributed by atoms with Crippen LogP contribution in [-0.2, 0) is 4.79 Å². The minimum Gasteiger partial charge on any atom is -0.457 e. The van der Waals surface area contributed by atoms with E-state index in [0.29, 0.717) is 5.76 Å². The number of rotatable bonds is 4. The van der Waals surface area contributed by atoms with Crippen molar-refractivity contribution >= 4 is 28.7 Å². The van der Waals surface area contributed by atoms with Crippen LogP contribution in [0.3, 0.4) is 0 Å². The van der Waals surface area contributed by atoms with Crippen LogP contribution in [0.25, 0.3) is 17.0 Å². The van der Waals surface area contributed by atoms with Gasteiger partial charge in [0.25, 0.3) is 5.69 Å². The normalized spacial score (nSPS) is 11.0. The third kappa shape index (κ3) is 3.44. The van der Waals surface area contributed by atoms with Crippen LogP contribution < -0.4 is 4.74 Å². The minimum absolute atomic E-state index is 0.0670.